The first kappa shape index (κ1) is 13.5. The molecule has 0 aliphatic rings. The lowest BCUT2D eigenvalue weighted by Crippen LogP contribution is -2.37. The van der Waals surface area contributed by atoms with Crippen molar-refractivity contribution >= 4 is 5.96 Å². The van der Waals surface area contributed by atoms with E-state index in [1.54, 1.807) is 13.3 Å². The summed E-state index contributed by atoms with van der Waals surface area (Å²) >= 11 is 0. The zero-order chi connectivity index (χ0) is 12.5. The monoisotopic (exact) mass is 238 g/mol. The van der Waals surface area contributed by atoms with Gasteiger partial charge in [0, 0.05) is 19.7 Å². The zero-order valence-corrected chi connectivity index (χ0v) is 10.9. The molecule has 0 bridgehead atoms. The van der Waals surface area contributed by atoms with Gasteiger partial charge in [-0.05, 0) is 18.8 Å². The van der Waals surface area contributed by atoms with Crippen LogP contribution in [-0.4, -0.2) is 24.7 Å². The molecule has 0 aliphatic heterocycles. The summed E-state index contributed by atoms with van der Waals surface area (Å²) < 4.78 is 4.76. The first-order valence-corrected chi connectivity index (χ1v) is 6.06. The van der Waals surface area contributed by atoms with Gasteiger partial charge in [0.2, 0.25) is 0 Å². The van der Waals surface area contributed by atoms with Crippen LogP contribution >= 0.6 is 0 Å². The number of nitrogens with one attached hydrogen (secondary N) is 2. The number of aromatic nitrogens is 1. The molecule has 96 valence electrons. The Morgan fingerprint density at radius 2 is 2.29 bits per heavy atom. The molecule has 0 amide bonds. The lowest BCUT2D eigenvalue weighted by atomic mass is 10.1. The molecule has 0 aromatic carbocycles. The standard InChI is InChI=1S/C12H22N4O/c1-10(2)5-4-7-14-12(13-3)15-9-11-6-8-17-16-11/h6,8,10H,4-5,7,9H2,1-3H3,(H2,13,14,15). The molecular formula is C12H22N4O. The van der Waals surface area contributed by atoms with Gasteiger partial charge in [-0.2, -0.15) is 0 Å². The summed E-state index contributed by atoms with van der Waals surface area (Å²) in [4.78, 5) is 4.14. The first-order chi connectivity index (χ1) is 8.22. The van der Waals surface area contributed by atoms with E-state index in [-0.39, 0.29) is 0 Å². The van der Waals surface area contributed by atoms with E-state index in [4.69, 9.17) is 4.52 Å². The summed E-state index contributed by atoms with van der Waals surface area (Å²) in [7, 11) is 1.76. The molecule has 1 heterocycles. The molecular weight excluding hydrogens is 216 g/mol. The summed E-state index contributed by atoms with van der Waals surface area (Å²) in [5.41, 5.74) is 0.870. The minimum Gasteiger partial charge on any atom is -0.364 e. The highest BCUT2D eigenvalue weighted by molar-refractivity contribution is 5.79. The molecule has 1 aromatic rings. The topological polar surface area (TPSA) is 62.5 Å². The smallest absolute Gasteiger partial charge is 0.191 e. The van der Waals surface area contributed by atoms with E-state index in [0.29, 0.717) is 6.54 Å². The third-order valence-electron chi connectivity index (χ3n) is 2.40. The molecule has 5 nitrogen and oxygen atoms in total. The molecule has 0 unspecified atom stereocenters. The molecule has 0 radical (unpaired) electrons. The Kier molecular flexibility index (Phi) is 6.14. The summed E-state index contributed by atoms with van der Waals surface area (Å²) in [6.07, 6.45) is 3.95. The van der Waals surface area contributed by atoms with Crippen molar-refractivity contribution in [3.05, 3.63) is 18.0 Å². The quantitative estimate of drug-likeness (QED) is 0.450. The van der Waals surface area contributed by atoms with E-state index >= 15 is 0 Å². The highest BCUT2D eigenvalue weighted by Crippen LogP contribution is 2.01. The van der Waals surface area contributed by atoms with Crippen molar-refractivity contribution in [3.63, 3.8) is 0 Å². The lowest BCUT2D eigenvalue weighted by molar-refractivity contribution is 0.410. The fraction of sp³-hybridized carbons (Fsp3) is 0.667. The largest absolute Gasteiger partial charge is 0.364 e. The maximum Gasteiger partial charge on any atom is 0.191 e. The van der Waals surface area contributed by atoms with Crippen LogP contribution in [-0.2, 0) is 6.54 Å². The third kappa shape index (κ3) is 5.94. The minimum absolute atomic E-state index is 0.625. The normalized spacial score (nSPS) is 11.9. The van der Waals surface area contributed by atoms with Crippen molar-refractivity contribution in [1.82, 2.24) is 15.8 Å². The summed E-state index contributed by atoms with van der Waals surface area (Å²) in [6, 6.07) is 1.83. The Balaban J connectivity index is 2.16. The number of rotatable bonds is 6. The molecule has 0 saturated carbocycles. The number of hydrogen-bond donors (Lipinski definition) is 2. The summed E-state index contributed by atoms with van der Waals surface area (Å²) in [5, 5.41) is 10.3. The van der Waals surface area contributed by atoms with Crippen molar-refractivity contribution < 1.29 is 4.52 Å². The van der Waals surface area contributed by atoms with Gasteiger partial charge in [-0.15, -0.1) is 0 Å². The van der Waals surface area contributed by atoms with Crippen LogP contribution in [0.5, 0.6) is 0 Å². The summed E-state index contributed by atoms with van der Waals surface area (Å²) in [5.74, 6) is 1.55. The average molecular weight is 238 g/mol. The van der Waals surface area contributed by atoms with Gasteiger partial charge in [-0.25, -0.2) is 0 Å². The van der Waals surface area contributed by atoms with Crippen molar-refractivity contribution in [3.8, 4) is 0 Å². The van der Waals surface area contributed by atoms with Gasteiger partial charge in [0.05, 0.1) is 6.54 Å². The maximum atomic E-state index is 4.76. The van der Waals surface area contributed by atoms with Gasteiger partial charge in [0.15, 0.2) is 5.96 Å². The molecule has 17 heavy (non-hydrogen) atoms. The summed E-state index contributed by atoms with van der Waals surface area (Å²) in [6.45, 7) is 6.03. The van der Waals surface area contributed by atoms with Crippen LogP contribution in [0.1, 0.15) is 32.4 Å². The van der Waals surface area contributed by atoms with Gasteiger partial charge >= 0.3 is 0 Å². The van der Waals surface area contributed by atoms with E-state index in [9.17, 15) is 0 Å². The van der Waals surface area contributed by atoms with Gasteiger partial charge in [-0.1, -0.05) is 19.0 Å². The highest BCUT2D eigenvalue weighted by atomic mass is 16.5. The van der Waals surface area contributed by atoms with Gasteiger partial charge in [-0.3, -0.25) is 4.99 Å². The predicted molar refractivity (Wildman–Crippen MR) is 68.8 cm³/mol. The predicted octanol–water partition coefficient (Wildman–Crippen LogP) is 1.78. The second-order valence-electron chi connectivity index (χ2n) is 4.38. The molecule has 1 rings (SSSR count). The number of guanidine groups is 1. The number of hydrogen-bond acceptors (Lipinski definition) is 3. The van der Waals surface area contributed by atoms with Crippen LogP contribution in [0.4, 0.5) is 0 Å². The Hall–Kier alpha value is -1.52. The Bertz CT molecular complexity index is 319. The maximum absolute atomic E-state index is 4.76. The zero-order valence-electron chi connectivity index (χ0n) is 10.9. The van der Waals surface area contributed by atoms with Gasteiger partial charge in [0.1, 0.15) is 12.0 Å². The molecule has 0 fully saturated rings. The average Bonchev–Trinajstić information content (AvgIpc) is 2.81. The molecule has 0 spiro atoms. The van der Waals surface area contributed by atoms with Crippen molar-refractivity contribution in [2.75, 3.05) is 13.6 Å². The second kappa shape index (κ2) is 7.70. The molecule has 5 heteroatoms. The molecule has 0 saturated heterocycles. The first-order valence-electron chi connectivity index (χ1n) is 6.06. The van der Waals surface area contributed by atoms with Crippen LogP contribution in [0, 0.1) is 5.92 Å². The number of aliphatic imine (C=N–C) groups is 1. The molecule has 0 aliphatic carbocycles. The van der Waals surface area contributed by atoms with Crippen LogP contribution in [0.3, 0.4) is 0 Å². The molecule has 1 aromatic heterocycles. The fourth-order valence-electron chi connectivity index (χ4n) is 1.44. The van der Waals surface area contributed by atoms with Gasteiger partial charge < -0.3 is 15.2 Å². The molecule has 0 atom stereocenters. The van der Waals surface area contributed by atoms with Crippen molar-refractivity contribution in [2.45, 2.75) is 33.2 Å². The Morgan fingerprint density at radius 3 is 2.88 bits per heavy atom. The van der Waals surface area contributed by atoms with Crippen LogP contribution < -0.4 is 10.6 Å². The van der Waals surface area contributed by atoms with Crippen LogP contribution in [0.25, 0.3) is 0 Å². The van der Waals surface area contributed by atoms with E-state index < -0.39 is 0 Å². The Morgan fingerprint density at radius 1 is 1.47 bits per heavy atom. The lowest BCUT2D eigenvalue weighted by Gasteiger charge is -2.11. The van der Waals surface area contributed by atoms with E-state index in [1.165, 1.54) is 6.42 Å². The van der Waals surface area contributed by atoms with Crippen LogP contribution in [0.15, 0.2) is 21.8 Å². The van der Waals surface area contributed by atoms with Gasteiger partial charge in [0.25, 0.3) is 0 Å². The number of nitrogens with zero attached hydrogens (tertiary/aromatic N) is 2. The highest BCUT2D eigenvalue weighted by Gasteiger charge is 2.00. The van der Waals surface area contributed by atoms with Crippen LogP contribution in [0.2, 0.25) is 0 Å². The Labute approximate surface area is 103 Å². The molecule has 2 N–H and O–H groups in total. The van der Waals surface area contributed by atoms with Crippen molar-refractivity contribution in [1.29, 1.82) is 0 Å². The third-order valence-corrected chi connectivity index (χ3v) is 2.40. The van der Waals surface area contributed by atoms with E-state index in [0.717, 1.165) is 30.5 Å². The van der Waals surface area contributed by atoms with Crippen molar-refractivity contribution in [2.24, 2.45) is 10.9 Å². The van der Waals surface area contributed by atoms with E-state index in [1.807, 2.05) is 6.07 Å². The minimum atomic E-state index is 0.625. The SMILES string of the molecule is CN=C(NCCCC(C)C)NCc1ccon1. The fourth-order valence-corrected chi connectivity index (χ4v) is 1.44. The second-order valence-corrected chi connectivity index (χ2v) is 4.38. The van der Waals surface area contributed by atoms with E-state index in [2.05, 4.69) is 34.6 Å².